The van der Waals surface area contributed by atoms with Crippen LogP contribution in [-0.2, 0) is 6.42 Å². The molecule has 1 saturated heterocycles. The molecule has 0 aliphatic carbocycles. The lowest BCUT2D eigenvalue weighted by molar-refractivity contribution is 0.151. The topological polar surface area (TPSA) is 76.8 Å². The molecule has 0 spiro atoms. The summed E-state index contributed by atoms with van der Waals surface area (Å²) in [4.78, 5) is 14.2. The Kier molecular flexibility index (Phi) is 8.04. The first-order valence-electron chi connectivity index (χ1n) is 9.73. The number of nitrogens with two attached hydrogens (primary N) is 1. The fourth-order valence-corrected chi connectivity index (χ4v) is 3.35. The molecule has 2 amide bonds. The molecule has 6 nitrogen and oxygen atoms in total. The smallest absolute Gasteiger partial charge is 0.317 e. The van der Waals surface area contributed by atoms with Crippen LogP contribution < -0.4 is 20.5 Å². The van der Waals surface area contributed by atoms with E-state index in [0.29, 0.717) is 19.8 Å². The summed E-state index contributed by atoms with van der Waals surface area (Å²) in [6, 6.07) is 6.49. The number of nitrogens with zero attached hydrogens (tertiary/aromatic N) is 1. The Morgan fingerprint density at radius 3 is 2.69 bits per heavy atom. The number of rotatable bonds is 8. The number of benzene rings is 1. The van der Waals surface area contributed by atoms with Crippen LogP contribution in [0.5, 0.6) is 11.5 Å². The molecule has 1 aliphatic heterocycles. The molecule has 26 heavy (non-hydrogen) atoms. The van der Waals surface area contributed by atoms with Crippen molar-refractivity contribution < 1.29 is 14.3 Å². The predicted molar refractivity (Wildman–Crippen MR) is 104 cm³/mol. The van der Waals surface area contributed by atoms with Gasteiger partial charge in [0.15, 0.2) is 11.5 Å². The number of piperidine rings is 1. The minimum atomic E-state index is 0.0195. The third-order valence-corrected chi connectivity index (χ3v) is 4.70. The zero-order chi connectivity index (χ0) is 18.9. The molecule has 0 unspecified atom stereocenters. The Morgan fingerprint density at radius 2 is 2.00 bits per heavy atom. The highest BCUT2D eigenvalue weighted by Gasteiger charge is 2.26. The minimum absolute atomic E-state index is 0.0195. The third-order valence-electron chi connectivity index (χ3n) is 4.70. The summed E-state index contributed by atoms with van der Waals surface area (Å²) in [6.07, 6.45) is 3.52. The van der Waals surface area contributed by atoms with Gasteiger partial charge in [0, 0.05) is 25.2 Å². The van der Waals surface area contributed by atoms with Crippen molar-refractivity contribution in [3.63, 3.8) is 0 Å². The van der Waals surface area contributed by atoms with Crippen LogP contribution in [0.15, 0.2) is 18.2 Å². The van der Waals surface area contributed by atoms with Crippen LogP contribution in [0.2, 0.25) is 0 Å². The van der Waals surface area contributed by atoms with E-state index in [2.05, 4.69) is 18.3 Å². The number of urea groups is 1. The van der Waals surface area contributed by atoms with Crippen molar-refractivity contribution in [3.05, 3.63) is 23.8 Å². The summed E-state index contributed by atoms with van der Waals surface area (Å²) in [5.41, 5.74) is 7.14. The number of hydrogen-bond donors (Lipinski definition) is 2. The standard InChI is InChI=1S/C20H33N3O3/c1-4-25-18-9-8-16(14-19(18)26-5-2)7-6-11-22-20(24)23-12-10-17(21)13-15(23)3/h8-9,14-15,17H,4-7,10-13,21H2,1-3H3,(H,22,24)/t15-,17-/m1/s1. The first kappa shape index (κ1) is 20.4. The molecule has 0 bridgehead atoms. The van der Waals surface area contributed by atoms with Crippen molar-refractivity contribution >= 4 is 6.03 Å². The molecule has 146 valence electrons. The van der Waals surface area contributed by atoms with Gasteiger partial charge in [-0.15, -0.1) is 0 Å². The first-order chi connectivity index (χ1) is 12.5. The Bertz CT molecular complexity index is 579. The van der Waals surface area contributed by atoms with Gasteiger partial charge in [0.25, 0.3) is 0 Å². The molecule has 1 aromatic carbocycles. The molecule has 0 saturated carbocycles. The van der Waals surface area contributed by atoms with Crippen LogP contribution in [0.4, 0.5) is 4.79 Å². The molecule has 2 rings (SSSR count). The van der Waals surface area contributed by atoms with Gasteiger partial charge in [-0.25, -0.2) is 4.79 Å². The van der Waals surface area contributed by atoms with Crippen LogP contribution in [0.25, 0.3) is 0 Å². The summed E-state index contributed by atoms with van der Waals surface area (Å²) in [5.74, 6) is 1.57. The van der Waals surface area contributed by atoms with Gasteiger partial charge in [0.1, 0.15) is 0 Å². The zero-order valence-corrected chi connectivity index (χ0v) is 16.3. The maximum Gasteiger partial charge on any atom is 0.317 e. The lowest BCUT2D eigenvalue weighted by Gasteiger charge is -2.36. The highest BCUT2D eigenvalue weighted by Crippen LogP contribution is 2.29. The number of carbonyl (C=O) groups excluding carboxylic acids is 1. The van der Waals surface area contributed by atoms with Crippen molar-refractivity contribution in [1.82, 2.24) is 10.2 Å². The summed E-state index contributed by atoms with van der Waals surface area (Å²) in [7, 11) is 0. The number of amides is 2. The van der Waals surface area contributed by atoms with E-state index < -0.39 is 0 Å². The van der Waals surface area contributed by atoms with E-state index in [4.69, 9.17) is 15.2 Å². The lowest BCUT2D eigenvalue weighted by Crippen LogP contribution is -2.52. The Hall–Kier alpha value is -1.95. The summed E-state index contributed by atoms with van der Waals surface area (Å²) < 4.78 is 11.3. The molecule has 1 fully saturated rings. The number of nitrogens with one attached hydrogen (secondary N) is 1. The molecule has 3 N–H and O–H groups in total. The number of aryl methyl sites for hydroxylation is 1. The largest absolute Gasteiger partial charge is 0.490 e. The van der Waals surface area contributed by atoms with Crippen LogP contribution in [-0.4, -0.2) is 49.3 Å². The van der Waals surface area contributed by atoms with Gasteiger partial charge in [-0.2, -0.15) is 0 Å². The van der Waals surface area contributed by atoms with Crippen molar-refractivity contribution in [2.45, 2.75) is 58.5 Å². The van der Waals surface area contributed by atoms with E-state index in [1.165, 1.54) is 5.56 Å². The van der Waals surface area contributed by atoms with E-state index >= 15 is 0 Å². The predicted octanol–water partition coefficient (Wildman–Crippen LogP) is 2.94. The monoisotopic (exact) mass is 363 g/mol. The average Bonchev–Trinajstić information content (AvgIpc) is 2.61. The SMILES string of the molecule is CCOc1ccc(CCCNC(=O)N2CC[C@@H](N)C[C@H]2C)cc1OCC. The quantitative estimate of drug-likeness (QED) is 0.696. The molecule has 0 radical (unpaired) electrons. The van der Waals surface area contributed by atoms with Gasteiger partial charge in [0.2, 0.25) is 0 Å². The fourth-order valence-electron chi connectivity index (χ4n) is 3.35. The van der Waals surface area contributed by atoms with E-state index in [9.17, 15) is 4.79 Å². The van der Waals surface area contributed by atoms with Crippen molar-refractivity contribution in [2.75, 3.05) is 26.3 Å². The normalized spacial score (nSPS) is 19.9. The van der Waals surface area contributed by atoms with E-state index in [1.807, 2.05) is 30.9 Å². The lowest BCUT2D eigenvalue weighted by atomic mass is 10.00. The second-order valence-corrected chi connectivity index (χ2v) is 6.81. The summed E-state index contributed by atoms with van der Waals surface area (Å²) in [6.45, 7) is 8.61. The third kappa shape index (κ3) is 5.80. The highest BCUT2D eigenvalue weighted by atomic mass is 16.5. The summed E-state index contributed by atoms with van der Waals surface area (Å²) >= 11 is 0. The van der Waals surface area contributed by atoms with Gasteiger partial charge >= 0.3 is 6.03 Å². The van der Waals surface area contributed by atoms with Gasteiger partial charge in [0.05, 0.1) is 13.2 Å². The molecular weight excluding hydrogens is 330 g/mol. The highest BCUT2D eigenvalue weighted by molar-refractivity contribution is 5.74. The second kappa shape index (κ2) is 10.3. The first-order valence-corrected chi connectivity index (χ1v) is 9.73. The molecule has 0 aromatic heterocycles. The van der Waals surface area contributed by atoms with Crippen LogP contribution in [0, 0.1) is 0 Å². The van der Waals surface area contributed by atoms with Crippen molar-refractivity contribution in [3.8, 4) is 11.5 Å². The maximum atomic E-state index is 12.3. The molecule has 1 aliphatic rings. The fraction of sp³-hybridized carbons (Fsp3) is 0.650. The molecule has 6 heteroatoms. The average molecular weight is 364 g/mol. The Labute approximate surface area is 157 Å². The van der Waals surface area contributed by atoms with Gasteiger partial charge in [-0.05, 0) is 64.2 Å². The van der Waals surface area contributed by atoms with Crippen LogP contribution in [0.1, 0.15) is 45.6 Å². The maximum absolute atomic E-state index is 12.3. The van der Waals surface area contributed by atoms with E-state index in [0.717, 1.165) is 43.7 Å². The number of ether oxygens (including phenoxy) is 2. The van der Waals surface area contributed by atoms with E-state index in [1.54, 1.807) is 0 Å². The molecule has 1 aromatic rings. The number of hydrogen-bond acceptors (Lipinski definition) is 4. The zero-order valence-electron chi connectivity index (χ0n) is 16.3. The van der Waals surface area contributed by atoms with Crippen molar-refractivity contribution in [2.24, 2.45) is 5.73 Å². The van der Waals surface area contributed by atoms with Gasteiger partial charge in [-0.1, -0.05) is 6.07 Å². The molecule has 1 heterocycles. The van der Waals surface area contributed by atoms with Gasteiger partial charge in [-0.3, -0.25) is 0 Å². The van der Waals surface area contributed by atoms with E-state index in [-0.39, 0.29) is 18.1 Å². The number of carbonyl (C=O) groups is 1. The Morgan fingerprint density at radius 1 is 1.27 bits per heavy atom. The number of likely N-dealkylation sites (tertiary alicyclic amines) is 1. The minimum Gasteiger partial charge on any atom is -0.490 e. The van der Waals surface area contributed by atoms with Gasteiger partial charge < -0.3 is 25.4 Å². The summed E-state index contributed by atoms with van der Waals surface area (Å²) in [5, 5.41) is 3.03. The van der Waals surface area contributed by atoms with Crippen molar-refractivity contribution in [1.29, 1.82) is 0 Å². The Balaban J connectivity index is 1.78. The molecule has 2 atom stereocenters. The van der Waals surface area contributed by atoms with Crippen LogP contribution >= 0.6 is 0 Å². The second-order valence-electron chi connectivity index (χ2n) is 6.81. The molecular formula is C20H33N3O3. The van der Waals surface area contributed by atoms with Crippen LogP contribution in [0.3, 0.4) is 0 Å².